The van der Waals surface area contributed by atoms with Crippen molar-refractivity contribution in [3.8, 4) is 0 Å². The minimum Gasteiger partial charge on any atom is -0.481 e. The van der Waals surface area contributed by atoms with Gasteiger partial charge in [-0.25, -0.2) is 0 Å². The zero-order valence-corrected chi connectivity index (χ0v) is 11.3. The Morgan fingerprint density at radius 2 is 2.12 bits per heavy atom. The number of carboxylic acids is 1. The van der Waals surface area contributed by atoms with Crippen LogP contribution >= 0.6 is 0 Å². The monoisotopic (exact) mass is 241 g/mol. The summed E-state index contributed by atoms with van der Waals surface area (Å²) in [6.45, 7) is 8.06. The molecule has 0 aromatic rings. The van der Waals surface area contributed by atoms with Gasteiger partial charge in [-0.3, -0.25) is 4.79 Å². The molecule has 1 aliphatic rings. The molecule has 0 saturated carbocycles. The summed E-state index contributed by atoms with van der Waals surface area (Å²) in [7, 11) is 0. The quantitative estimate of drug-likeness (QED) is 0.745. The summed E-state index contributed by atoms with van der Waals surface area (Å²) in [6.07, 6.45) is 6.16. The first-order valence-corrected chi connectivity index (χ1v) is 7.09. The third-order valence-electron chi connectivity index (χ3n) is 4.04. The fraction of sp³-hybridized carbons (Fsp3) is 0.929. The van der Waals surface area contributed by atoms with Gasteiger partial charge in [-0.05, 0) is 37.6 Å². The van der Waals surface area contributed by atoms with Gasteiger partial charge in [0.2, 0.25) is 0 Å². The standard InChI is InChI=1S/C14H27NO2/c1-3-12(4-2)10-15-9-5-6-13(11-15)7-8-14(16)17/h12-13H,3-11H2,1-2H3,(H,16,17). The minimum absolute atomic E-state index is 0.337. The van der Waals surface area contributed by atoms with Crippen LogP contribution in [0.5, 0.6) is 0 Å². The molecule has 1 aliphatic heterocycles. The highest BCUT2D eigenvalue weighted by molar-refractivity contribution is 5.66. The Hall–Kier alpha value is -0.570. The highest BCUT2D eigenvalue weighted by atomic mass is 16.4. The van der Waals surface area contributed by atoms with Crippen molar-refractivity contribution in [3.63, 3.8) is 0 Å². The molecule has 100 valence electrons. The average molecular weight is 241 g/mol. The third kappa shape index (κ3) is 5.53. The predicted octanol–water partition coefficient (Wildman–Crippen LogP) is 3.00. The van der Waals surface area contributed by atoms with E-state index in [2.05, 4.69) is 18.7 Å². The van der Waals surface area contributed by atoms with E-state index in [9.17, 15) is 4.79 Å². The van der Waals surface area contributed by atoms with Gasteiger partial charge in [0.15, 0.2) is 0 Å². The minimum atomic E-state index is -0.651. The molecule has 17 heavy (non-hydrogen) atoms. The molecule has 0 spiro atoms. The van der Waals surface area contributed by atoms with E-state index in [0.29, 0.717) is 12.3 Å². The first-order valence-electron chi connectivity index (χ1n) is 7.09. The lowest BCUT2D eigenvalue weighted by Crippen LogP contribution is -2.38. The molecule has 1 heterocycles. The van der Waals surface area contributed by atoms with Crippen molar-refractivity contribution in [2.45, 2.75) is 52.4 Å². The molecule has 1 fully saturated rings. The Kier molecular flexibility index (Phi) is 6.56. The largest absolute Gasteiger partial charge is 0.481 e. The molecule has 0 aromatic carbocycles. The number of likely N-dealkylation sites (tertiary alicyclic amines) is 1. The number of carbonyl (C=O) groups is 1. The summed E-state index contributed by atoms with van der Waals surface area (Å²) < 4.78 is 0. The summed E-state index contributed by atoms with van der Waals surface area (Å²) in [5, 5.41) is 8.72. The summed E-state index contributed by atoms with van der Waals surface area (Å²) in [4.78, 5) is 13.1. The van der Waals surface area contributed by atoms with Gasteiger partial charge >= 0.3 is 5.97 Å². The molecule has 0 amide bonds. The zero-order valence-electron chi connectivity index (χ0n) is 11.3. The number of carboxylic acid groups (broad SMARTS) is 1. The molecule has 0 aliphatic carbocycles. The lowest BCUT2D eigenvalue weighted by molar-refractivity contribution is -0.137. The van der Waals surface area contributed by atoms with Crippen molar-refractivity contribution in [1.29, 1.82) is 0 Å². The van der Waals surface area contributed by atoms with Gasteiger partial charge in [-0.1, -0.05) is 26.7 Å². The number of hydrogen-bond donors (Lipinski definition) is 1. The van der Waals surface area contributed by atoms with Gasteiger partial charge < -0.3 is 10.0 Å². The smallest absolute Gasteiger partial charge is 0.303 e. The van der Waals surface area contributed by atoms with Crippen LogP contribution in [0.3, 0.4) is 0 Å². The summed E-state index contributed by atoms with van der Waals surface area (Å²) >= 11 is 0. The highest BCUT2D eigenvalue weighted by Gasteiger charge is 2.21. The fourth-order valence-corrected chi connectivity index (χ4v) is 2.79. The van der Waals surface area contributed by atoms with Crippen molar-refractivity contribution in [2.24, 2.45) is 11.8 Å². The van der Waals surface area contributed by atoms with E-state index in [0.717, 1.165) is 18.9 Å². The summed E-state index contributed by atoms with van der Waals surface area (Å²) in [5.74, 6) is 0.768. The molecular formula is C14H27NO2. The van der Waals surface area contributed by atoms with E-state index in [1.165, 1.54) is 38.8 Å². The maximum Gasteiger partial charge on any atom is 0.303 e. The summed E-state index contributed by atoms with van der Waals surface area (Å²) in [5.41, 5.74) is 0. The topological polar surface area (TPSA) is 40.5 Å². The van der Waals surface area contributed by atoms with E-state index in [4.69, 9.17) is 5.11 Å². The van der Waals surface area contributed by atoms with Crippen LogP contribution in [0.2, 0.25) is 0 Å². The number of hydrogen-bond acceptors (Lipinski definition) is 2. The Labute approximate surface area is 105 Å². The molecule has 1 unspecified atom stereocenters. The second-order valence-electron chi connectivity index (χ2n) is 5.38. The number of rotatable bonds is 7. The molecule has 3 nitrogen and oxygen atoms in total. The van der Waals surface area contributed by atoms with Crippen LogP contribution in [0.15, 0.2) is 0 Å². The van der Waals surface area contributed by atoms with Crippen molar-refractivity contribution in [1.82, 2.24) is 4.90 Å². The lowest BCUT2D eigenvalue weighted by Gasteiger charge is -2.34. The maximum absolute atomic E-state index is 10.6. The molecule has 1 saturated heterocycles. The van der Waals surface area contributed by atoms with Crippen LogP contribution < -0.4 is 0 Å². The van der Waals surface area contributed by atoms with E-state index < -0.39 is 5.97 Å². The van der Waals surface area contributed by atoms with Gasteiger partial charge in [0, 0.05) is 19.5 Å². The second-order valence-corrected chi connectivity index (χ2v) is 5.38. The normalized spacial score (nSPS) is 21.9. The van der Waals surface area contributed by atoms with Crippen molar-refractivity contribution in [2.75, 3.05) is 19.6 Å². The van der Waals surface area contributed by atoms with Crippen molar-refractivity contribution < 1.29 is 9.90 Å². The third-order valence-corrected chi connectivity index (χ3v) is 4.04. The maximum atomic E-state index is 10.6. The van der Waals surface area contributed by atoms with E-state index in [-0.39, 0.29) is 0 Å². The number of piperidine rings is 1. The number of aliphatic carboxylic acids is 1. The van der Waals surface area contributed by atoms with Crippen LogP contribution in [0, 0.1) is 11.8 Å². The Bertz CT molecular complexity index is 226. The molecular weight excluding hydrogens is 214 g/mol. The van der Waals surface area contributed by atoms with Crippen molar-refractivity contribution in [3.05, 3.63) is 0 Å². The van der Waals surface area contributed by atoms with E-state index >= 15 is 0 Å². The lowest BCUT2D eigenvalue weighted by atomic mass is 9.92. The number of nitrogens with zero attached hydrogens (tertiary/aromatic N) is 1. The van der Waals surface area contributed by atoms with Crippen molar-refractivity contribution >= 4 is 5.97 Å². The van der Waals surface area contributed by atoms with Gasteiger partial charge in [-0.15, -0.1) is 0 Å². The van der Waals surface area contributed by atoms with E-state index in [1.54, 1.807) is 0 Å². The van der Waals surface area contributed by atoms with Crippen LogP contribution in [0.1, 0.15) is 52.4 Å². The summed E-state index contributed by atoms with van der Waals surface area (Å²) in [6, 6.07) is 0. The van der Waals surface area contributed by atoms with Gasteiger partial charge in [-0.2, -0.15) is 0 Å². The molecule has 1 N–H and O–H groups in total. The first kappa shape index (κ1) is 14.5. The Balaban J connectivity index is 2.30. The van der Waals surface area contributed by atoms with Gasteiger partial charge in [0.05, 0.1) is 0 Å². The van der Waals surface area contributed by atoms with Crippen LogP contribution in [-0.4, -0.2) is 35.6 Å². The predicted molar refractivity (Wildman–Crippen MR) is 70.1 cm³/mol. The fourth-order valence-electron chi connectivity index (χ4n) is 2.79. The Morgan fingerprint density at radius 3 is 2.71 bits per heavy atom. The Morgan fingerprint density at radius 1 is 1.41 bits per heavy atom. The highest BCUT2D eigenvalue weighted by Crippen LogP contribution is 2.22. The van der Waals surface area contributed by atoms with Gasteiger partial charge in [0.1, 0.15) is 0 Å². The SMILES string of the molecule is CCC(CC)CN1CCCC(CCC(=O)O)C1. The molecule has 0 aromatic heterocycles. The molecule has 0 radical (unpaired) electrons. The molecule has 0 bridgehead atoms. The van der Waals surface area contributed by atoms with E-state index in [1.807, 2.05) is 0 Å². The average Bonchev–Trinajstić information content (AvgIpc) is 2.34. The van der Waals surface area contributed by atoms with Crippen LogP contribution in [0.25, 0.3) is 0 Å². The zero-order chi connectivity index (χ0) is 12.7. The van der Waals surface area contributed by atoms with Gasteiger partial charge in [0.25, 0.3) is 0 Å². The molecule has 1 rings (SSSR count). The van der Waals surface area contributed by atoms with Crippen LogP contribution in [-0.2, 0) is 4.79 Å². The van der Waals surface area contributed by atoms with Crippen LogP contribution in [0.4, 0.5) is 0 Å². The second kappa shape index (κ2) is 7.70. The molecule has 3 heteroatoms. The first-order chi connectivity index (χ1) is 8.15. The molecule has 1 atom stereocenters.